The minimum atomic E-state index is -1.01. The van der Waals surface area contributed by atoms with Crippen molar-refractivity contribution in [1.29, 1.82) is 0 Å². The third-order valence-corrected chi connectivity index (χ3v) is 2.34. The number of carboxylic acids is 1. The lowest BCUT2D eigenvalue weighted by Crippen LogP contribution is -2.29. The van der Waals surface area contributed by atoms with Gasteiger partial charge < -0.3 is 21.1 Å². The van der Waals surface area contributed by atoms with Crippen molar-refractivity contribution in [2.45, 2.75) is 25.3 Å². The molecule has 16 heavy (non-hydrogen) atoms. The largest absolute Gasteiger partial charge is 0.504 e. The SMILES string of the molecule is NC(CCCc1ccc(O)c(O)c1)C(=O)O. The Morgan fingerprint density at radius 2 is 2.00 bits per heavy atom. The lowest BCUT2D eigenvalue weighted by molar-refractivity contribution is -0.138. The fourth-order valence-corrected chi connectivity index (χ4v) is 1.37. The van der Waals surface area contributed by atoms with Gasteiger partial charge >= 0.3 is 5.97 Å². The predicted octanol–water partition coefficient (Wildman–Crippen LogP) is 0.832. The number of hydrogen-bond donors (Lipinski definition) is 4. The summed E-state index contributed by atoms with van der Waals surface area (Å²) < 4.78 is 0. The molecule has 1 rings (SSSR count). The number of hydrogen-bond acceptors (Lipinski definition) is 4. The summed E-state index contributed by atoms with van der Waals surface area (Å²) >= 11 is 0. The molecule has 1 aromatic carbocycles. The van der Waals surface area contributed by atoms with Crippen LogP contribution in [0.15, 0.2) is 18.2 Å². The van der Waals surface area contributed by atoms with Crippen LogP contribution in [0.25, 0.3) is 0 Å². The Bertz CT molecular complexity index is 378. The van der Waals surface area contributed by atoms with E-state index in [1.807, 2.05) is 0 Å². The molecule has 0 saturated carbocycles. The van der Waals surface area contributed by atoms with Gasteiger partial charge in [-0.15, -0.1) is 0 Å². The molecule has 5 heteroatoms. The molecule has 88 valence electrons. The van der Waals surface area contributed by atoms with Crippen LogP contribution in [0.4, 0.5) is 0 Å². The molecule has 0 bridgehead atoms. The van der Waals surface area contributed by atoms with E-state index in [0.29, 0.717) is 19.3 Å². The Hall–Kier alpha value is -1.75. The Morgan fingerprint density at radius 1 is 1.31 bits per heavy atom. The van der Waals surface area contributed by atoms with Gasteiger partial charge in [0.15, 0.2) is 11.5 Å². The summed E-state index contributed by atoms with van der Waals surface area (Å²) in [4.78, 5) is 10.4. The van der Waals surface area contributed by atoms with Gasteiger partial charge in [-0.05, 0) is 37.0 Å². The summed E-state index contributed by atoms with van der Waals surface area (Å²) in [6, 6.07) is 3.70. The zero-order valence-electron chi connectivity index (χ0n) is 8.76. The first-order valence-electron chi connectivity index (χ1n) is 5.00. The minimum absolute atomic E-state index is 0.161. The fraction of sp³-hybridized carbons (Fsp3) is 0.364. The van der Waals surface area contributed by atoms with Gasteiger partial charge in [0.2, 0.25) is 0 Å². The Balaban J connectivity index is 2.43. The number of carboxylic acid groups (broad SMARTS) is 1. The lowest BCUT2D eigenvalue weighted by atomic mass is 10.0. The molecule has 0 heterocycles. The van der Waals surface area contributed by atoms with Gasteiger partial charge in [0.05, 0.1) is 0 Å². The van der Waals surface area contributed by atoms with E-state index in [1.54, 1.807) is 6.07 Å². The molecule has 0 saturated heterocycles. The van der Waals surface area contributed by atoms with Crippen LogP contribution in [0.5, 0.6) is 11.5 Å². The van der Waals surface area contributed by atoms with Gasteiger partial charge in [-0.3, -0.25) is 4.79 Å². The third-order valence-electron chi connectivity index (χ3n) is 2.34. The van der Waals surface area contributed by atoms with Crippen LogP contribution in [0.3, 0.4) is 0 Å². The van der Waals surface area contributed by atoms with E-state index in [1.165, 1.54) is 12.1 Å². The standard InChI is InChI=1S/C11H15NO4/c12-8(11(15)16)3-1-2-7-4-5-9(13)10(14)6-7/h4-6,8,13-14H,1-3,12H2,(H,15,16). The van der Waals surface area contributed by atoms with Crippen LogP contribution in [0, 0.1) is 0 Å². The summed E-state index contributed by atoms with van der Waals surface area (Å²) in [6.07, 6.45) is 1.63. The van der Waals surface area contributed by atoms with Gasteiger partial charge in [-0.2, -0.15) is 0 Å². The normalized spacial score (nSPS) is 12.3. The molecule has 0 aromatic heterocycles. The number of phenolic OH excluding ortho intramolecular Hbond substituents is 2. The zero-order chi connectivity index (χ0) is 12.1. The summed E-state index contributed by atoms with van der Waals surface area (Å²) in [5.41, 5.74) is 6.19. The molecule has 5 N–H and O–H groups in total. The predicted molar refractivity (Wildman–Crippen MR) is 58.3 cm³/mol. The summed E-state index contributed by atoms with van der Waals surface area (Å²) in [6.45, 7) is 0. The highest BCUT2D eigenvalue weighted by molar-refractivity contribution is 5.72. The van der Waals surface area contributed by atoms with E-state index in [9.17, 15) is 9.90 Å². The molecule has 0 aliphatic rings. The monoisotopic (exact) mass is 225 g/mol. The maximum absolute atomic E-state index is 10.4. The van der Waals surface area contributed by atoms with Gasteiger partial charge in [-0.1, -0.05) is 6.07 Å². The van der Waals surface area contributed by atoms with Crippen LogP contribution >= 0.6 is 0 Å². The number of rotatable bonds is 5. The maximum atomic E-state index is 10.4. The van der Waals surface area contributed by atoms with Crippen molar-refractivity contribution in [2.75, 3.05) is 0 Å². The van der Waals surface area contributed by atoms with Crippen molar-refractivity contribution in [3.05, 3.63) is 23.8 Å². The van der Waals surface area contributed by atoms with Crippen molar-refractivity contribution in [2.24, 2.45) is 5.73 Å². The van der Waals surface area contributed by atoms with Crippen molar-refractivity contribution >= 4 is 5.97 Å². The van der Waals surface area contributed by atoms with Crippen LogP contribution in [0.2, 0.25) is 0 Å². The van der Waals surface area contributed by atoms with Crippen LogP contribution < -0.4 is 5.73 Å². The minimum Gasteiger partial charge on any atom is -0.504 e. The van der Waals surface area contributed by atoms with Crippen molar-refractivity contribution < 1.29 is 20.1 Å². The van der Waals surface area contributed by atoms with Crippen molar-refractivity contribution in [3.8, 4) is 11.5 Å². The molecular formula is C11H15NO4. The first kappa shape index (κ1) is 12.3. The number of aryl methyl sites for hydroxylation is 1. The number of benzene rings is 1. The van der Waals surface area contributed by atoms with Crippen LogP contribution in [-0.2, 0) is 11.2 Å². The number of aromatic hydroxyl groups is 2. The molecule has 0 radical (unpaired) electrons. The molecular weight excluding hydrogens is 210 g/mol. The number of nitrogens with two attached hydrogens (primary N) is 1. The van der Waals surface area contributed by atoms with E-state index in [4.69, 9.17) is 15.9 Å². The molecule has 0 aliphatic carbocycles. The van der Waals surface area contributed by atoms with E-state index in [0.717, 1.165) is 5.56 Å². The molecule has 5 nitrogen and oxygen atoms in total. The highest BCUT2D eigenvalue weighted by Crippen LogP contribution is 2.25. The quantitative estimate of drug-likeness (QED) is 0.556. The summed E-state index contributed by atoms with van der Waals surface area (Å²) in [5, 5.41) is 26.9. The lowest BCUT2D eigenvalue weighted by Gasteiger charge is -2.06. The molecule has 1 aromatic rings. The number of carbonyl (C=O) groups is 1. The molecule has 0 amide bonds. The first-order chi connectivity index (χ1) is 7.50. The number of aliphatic carboxylic acids is 1. The van der Waals surface area contributed by atoms with Crippen molar-refractivity contribution in [1.82, 2.24) is 0 Å². The Morgan fingerprint density at radius 3 is 2.56 bits per heavy atom. The van der Waals surface area contributed by atoms with E-state index >= 15 is 0 Å². The fourth-order valence-electron chi connectivity index (χ4n) is 1.37. The topological polar surface area (TPSA) is 104 Å². The Kier molecular flexibility index (Phi) is 4.13. The molecule has 0 fully saturated rings. The Labute approximate surface area is 93.1 Å². The molecule has 0 spiro atoms. The maximum Gasteiger partial charge on any atom is 0.320 e. The summed E-state index contributed by atoms with van der Waals surface area (Å²) in [7, 11) is 0. The van der Waals surface area contributed by atoms with Gasteiger partial charge in [-0.25, -0.2) is 0 Å². The van der Waals surface area contributed by atoms with Crippen LogP contribution in [0.1, 0.15) is 18.4 Å². The first-order valence-corrected chi connectivity index (χ1v) is 5.00. The second kappa shape index (κ2) is 5.37. The molecule has 1 atom stereocenters. The highest BCUT2D eigenvalue weighted by atomic mass is 16.4. The molecule has 1 unspecified atom stereocenters. The van der Waals surface area contributed by atoms with Crippen molar-refractivity contribution in [3.63, 3.8) is 0 Å². The van der Waals surface area contributed by atoms with Crippen LogP contribution in [-0.4, -0.2) is 27.3 Å². The van der Waals surface area contributed by atoms with E-state index in [-0.39, 0.29) is 11.5 Å². The average Bonchev–Trinajstić information content (AvgIpc) is 2.23. The van der Waals surface area contributed by atoms with E-state index in [2.05, 4.69) is 0 Å². The van der Waals surface area contributed by atoms with E-state index < -0.39 is 12.0 Å². The number of phenols is 2. The van der Waals surface area contributed by atoms with Gasteiger partial charge in [0, 0.05) is 0 Å². The zero-order valence-corrected chi connectivity index (χ0v) is 8.76. The highest BCUT2D eigenvalue weighted by Gasteiger charge is 2.10. The second-order valence-electron chi connectivity index (χ2n) is 3.66. The second-order valence-corrected chi connectivity index (χ2v) is 3.66. The smallest absolute Gasteiger partial charge is 0.320 e. The van der Waals surface area contributed by atoms with Gasteiger partial charge in [0.25, 0.3) is 0 Å². The molecule has 0 aliphatic heterocycles. The average molecular weight is 225 g/mol. The summed E-state index contributed by atoms with van der Waals surface area (Å²) in [5.74, 6) is -1.33. The third kappa shape index (κ3) is 3.43. The van der Waals surface area contributed by atoms with Gasteiger partial charge in [0.1, 0.15) is 6.04 Å².